The lowest BCUT2D eigenvalue weighted by molar-refractivity contribution is 0.171. The van der Waals surface area contributed by atoms with E-state index in [9.17, 15) is 8.42 Å². The second kappa shape index (κ2) is 9.56. The molecule has 0 aromatic heterocycles. The minimum absolute atomic E-state index is 0.204. The molecule has 1 N–H and O–H groups in total. The molecular weight excluding hydrogens is 454 g/mol. The fourth-order valence-electron chi connectivity index (χ4n) is 4.24. The Bertz CT molecular complexity index is 1280. The number of sulfonamides is 1. The van der Waals surface area contributed by atoms with Gasteiger partial charge in [0, 0.05) is 6.07 Å². The molecule has 0 amide bonds. The lowest BCUT2D eigenvalue weighted by atomic mass is 9.99. The Kier molecular flexibility index (Phi) is 6.34. The summed E-state index contributed by atoms with van der Waals surface area (Å²) in [7, 11) is -3.88. The highest BCUT2D eigenvalue weighted by Gasteiger charge is 2.28. The normalized spacial score (nSPS) is 15.6. The molecule has 7 nitrogen and oxygen atoms in total. The molecule has 2 heterocycles. The van der Waals surface area contributed by atoms with Crippen LogP contribution in [0, 0.1) is 0 Å². The third-order valence-electron chi connectivity index (χ3n) is 5.94. The molecule has 1 unspecified atom stereocenters. The number of rotatable bonds is 7. The number of benzene rings is 3. The average molecular weight is 482 g/mol. The summed E-state index contributed by atoms with van der Waals surface area (Å²) in [4.78, 5) is 0.204. The average Bonchev–Trinajstić information content (AvgIpc) is 2.87. The Hall–Kier alpha value is -3.23. The van der Waals surface area contributed by atoms with Crippen molar-refractivity contribution in [1.29, 1.82) is 0 Å². The van der Waals surface area contributed by atoms with Crippen molar-refractivity contribution in [3.05, 3.63) is 77.4 Å². The molecule has 0 radical (unpaired) electrons. The van der Waals surface area contributed by atoms with E-state index in [0.29, 0.717) is 67.8 Å². The van der Waals surface area contributed by atoms with Crippen LogP contribution in [0.2, 0.25) is 0 Å². The first-order valence-electron chi connectivity index (χ1n) is 11.4. The van der Waals surface area contributed by atoms with E-state index in [1.807, 2.05) is 55.5 Å². The van der Waals surface area contributed by atoms with Crippen molar-refractivity contribution >= 4 is 10.0 Å². The molecule has 1 atom stereocenters. The quantitative estimate of drug-likeness (QED) is 0.548. The Morgan fingerprint density at radius 3 is 2.09 bits per heavy atom. The van der Waals surface area contributed by atoms with Gasteiger partial charge in [-0.2, -0.15) is 0 Å². The van der Waals surface area contributed by atoms with E-state index in [1.165, 1.54) is 0 Å². The van der Waals surface area contributed by atoms with Crippen LogP contribution < -0.4 is 23.7 Å². The zero-order chi connectivity index (χ0) is 23.5. The SMILES string of the molecule is CCc1cc2c(cc1S(=O)(=O)NC(Cc1ccccc1)c1ccc3c(c1)OCCO3)OCCO2. The van der Waals surface area contributed by atoms with Gasteiger partial charge in [-0.25, -0.2) is 13.1 Å². The monoisotopic (exact) mass is 481 g/mol. The van der Waals surface area contributed by atoms with Gasteiger partial charge in [0.25, 0.3) is 0 Å². The van der Waals surface area contributed by atoms with E-state index in [4.69, 9.17) is 18.9 Å². The highest BCUT2D eigenvalue weighted by atomic mass is 32.2. The minimum Gasteiger partial charge on any atom is -0.486 e. The standard InChI is InChI=1S/C26H27NO6S/c1-2-19-15-24-25(33-13-12-32-24)17-26(19)34(28,29)27-21(14-18-6-4-3-5-7-18)20-8-9-22-23(16-20)31-11-10-30-22/h3-9,15-17,21,27H,2,10-14H2,1H3. The van der Waals surface area contributed by atoms with Gasteiger partial charge in [-0.1, -0.05) is 43.3 Å². The number of nitrogens with one attached hydrogen (secondary N) is 1. The van der Waals surface area contributed by atoms with Crippen molar-refractivity contribution in [2.24, 2.45) is 0 Å². The second-order valence-electron chi connectivity index (χ2n) is 8.22. The van der Waals surface area contributed by atoms with Gasteiger partial charge in [0.1, 0.15) is 26.4 Å². The lowest BCUT2D eigenvalue weighted by Gasteiger charge is -2.25. The summed E-state index contributed by atoms with van der Waals surface area (Å²) in [6.07, 6.45) is 1.02. The molecule has 0 saturated heterocycles. The molecule has 0 spiro atoms. The molecule has 3 aromatic carbocycles. The van der Waals surface area contributed by atoms with Crippen molar-refractivity contribution in [2.45, 2.75) is 30.7 Å². The summed E-state index contributed by atoms with van der Waals surface area (Å²) in [5.74, 6) is 2.31. The Labute approximate surface area is 199 Å². The highest BCUT2D eigenvalue weighted by molar-refractivity contribution is 7.89. The van der Waals surface area contributed by atoms with Crippen LogP contribution in [0.25, 0.3) is 0 Å². The van der Waals surface area contributed by atoms with E-state index in [0.717, 1.165) is 11.1 Å². The summed E-state index contributed by atoms with van der Waals surface area (Å²) in [6.45, 7) is 3.72. The third kappa shape index (κ3) is 4.69. The first-order valence-corrected chi connectivity index (χ1v) is 12.9. The summed E-state index contributed by atoms with van der Waals surface area (Å²) < 4.78 is 53.0. The van der Waals surface area contributed by atoms with Crippen LogP contribution in [-0.4, -0.2) is 34.8 Å². The molecule has 5 rings (SSSR count). The first-order chi connectivity index (χ1) is 16.5. The van der Waals surface area contributed by atoms with Gasteiger partial charge < -0.3 is 18.9 Å². The summed E-state index contributed by atoms with van der Waals surface area (Å²) in [5.41, 5.74) is 2.49. The van der Waals surface area contributed by atoms with Crippen LogP contribution >= 0.6 is 0 Å². The molecule has 2 aliphatic heterocycles. The molecule has 0 bridgehead atoms. The number of hydrogen-bond donors (Lipinski definition) is 1. The van der Waals surface area contributed by atoms with Crippen molar-refractivity contribution < 1.29 is 27.4 Å². The first kappa shape index (κ1) is 22.6. The predicted molar refractivity (Wildman–Crippen MR) is 127 cm³/mol. The van der Waals surface area contributed by atoms with E-state index >= 15 is 0 Å². The van der Waals surface area contributed by atoms with Gasteiger partial charge in [0.15, 0.2) is 23.0 Å². The van der Waals surface area contributed by atoms with Crippen molar-refractivity contribution in [1.82, 2.24) is 4.72 Å². The number of fused-ring (bicyclic) bond motifs is 2. The smallest absolute Gasteiger partial charge is 0.241 e. The summed E-state index contributed by atoms with van der Waals surface area (Å²) in [5, 5.41) is 0. The van der Waals surface area contributed by atoms with Crippen molar-refractivity contribution in [2.75, 3.05) is 26.4 Å². The van der Waals surface area contributed by atoms with E-state index in [1.54, 1.807) is 12.1 Å². The van der Waals surface area contributed by atoms with Crippen molar-refractivity contribution in [3.63, 3.8) is 0 Å². The molecule has 8 heteroatoms. The van der Waals surface area contributed by atoms with Crippen LogP contribution in [0.3, 0.4) is 0 Å². The number of ether oxygens (including phenoxy) is 4. The van der Waals surface area contributed by atoms with E-state index < -0.39 is 16.1 Å². The van der Waals surface area contributed by atoms with Gasteiger partial charge in [0.05, 0.1) is 10.9 Å². The topological polar surface area (TPSA) is 83.1 Å². The van der Waals surface area contributed by atoms with Crippen LogP contribution in [0.4, 0.5) is 0 Å². The zero-order valence-electron chi connectivity index (χ0n) is 19.0. The maximum Gasteiger partial charge on any atom is 0.241 e. The summed E-state index contributed by atoms with van der Waals surface area (Å²) in [6, 6.07) is 18.2. The fourth-order valence-corrected chi connectivity index (χ4v) is 5.78. The fraction of sp³-hybridized carbons (Fsp3) is 0.308. The van der Waals surface area contributed by atoms with Gasteiger partial charge in [0.2, 0.25) is 10.0 Å². The molecule has 3 aromatic rings. The largest absolute Gasteiger partial charge is 0.486 e. The van der Waals surface area contributed by atoms with E-state index in [-0.39, 0.29) is 4.90 Å². The minimum atomic E-state index is -3.88. The number of hydrogen-bond acceptors (Lipinski definition) is 6. The van der Waals surface area contributed by atoms with Gasteiger partial charge >= 0.3 is 0 Å². The molecule has 0 fully saturated rings. The maximum absolute atomic E-state index is 13.7. The molecular formula is C26H27NO6S. The Morgan fingerprint density at radius 1 is 0.794 bits per heavy atom. The van der Waals surface area contributed by atoms with Crippen LogP contribution in [0.1, 0.15) is 29.7 Å². The van der Waals surface area contributed by atoms with Crippen LogP contribution in [-0.2, 0) is 22.9 Å². The summed E-state index contributed by atoms with van der Waals surface area (Å²) >= 11 is 0. The van der Waals surface area contributed by atoms with E-state index in [2.05, 4.69) is 4.72 Å². The maximum atomic E-state index is 13.7. The van der Waals surface area contributed by atoms with Gasteiger partial charge in [-0.3, -0.25) is 0 Å². The Balaban J connectivity index is 1.52. The van der Waals surface area contributed by atoms with Crippen LogP contribution in [0.15, 0.2) is 65.6 Å². The van der Waals surface area contributed by atoms with Crippen molar-refractivity contribution in [3.8, 4) is 23.0 Å². The third-order valence-corrected chi connectivity index (χ3v) is 7.50. The second-order valence-corrected chi connectivity index (χ2v) is 9.91. The molecule has 0 saturated carbocycles. The molecule has 34 heavy (non-hydrogen) atoms. The predicted octanol–water partition coefficient (Wildman–Crippen LogP) is 4.05. The highest BCUT2D eigenvalue weighted by Crippen LogP contribution is 2.37. The molecule has 178 valence electrons. The zero-order valence-corrected chi connectivity index (χ0v) is 19.8. The molecule has 0 aliphatic carbocycles. The number of aryl methyl sites for hydroxylation is 1. The van der Waals surface area contributed by atoms with Gasteiger partial charge in [-0.05, 0) is 47.7 Å². The lowest BCUT2D eigenvalue weighted by Crippen LogP contribution is -2.31. The molecule has 2 aliphatic rings. The van der Waals surface area contributed by atoms with Gasteiger partial charge in [-0.15, -0.1) is 0 Å². The Morgan fingerprint density at radius 2 is 1.41 bits per heavy atom. The van der Waals surface area contributed by atoms with Crippen LogP contribution in [0.5, 0.6) is 23.0 Å².